The number of rotatable bonds is 5. The van der Waals surface area contributed by atoms with Crippen molar-refractivity contribution in [2.75, 3.05) is 6.61 Å². The third-order valence-corrected chi connectivity index (χ3v) is 2.42. The van der Waals surface area contributed by atoms with Crippen LogP contribution in [0.2, 0.25) is 0 Å². The molecule has 1 aromatic heterocycles. The van der Waals surface area contributed by atoms with E-state index in [4.69, 9.17) is 11.6 Å². The Morgan fingerprint density at radius 2 is 2.05 bits per heavy atom. The number of pyridine rings is 1. The molecule has 0 spiro atoms. The zero-order chi connectivity index (χ0) is 16.2. The average Bonchev–Trinajstić information content (AvgIpc) is 2.36. The highest BCUT2D eigenvalue weighted by Gasteiger charge is 2.35. The summed E-state index contributed by atoms with van der Waals surface area (Å²) in [6.07, 6.45) is -8.53. The van der Waals surface area contributed by atoms with Gasteiger partial charge in [0.25, 0.3) is 6.43 Å². The lowest BCUT2D eigenvalue weighted by atomic mass is 10.1. The van der Waals surface area contributed by atoms with Crippen LogP contribution in [0.25, 0.3) is 0 Å². The topological polar surface area (TPSA) is 48.4 Å². The van der Waals surface area contributed by atoms with E-state index in [9.17, 15) is 26.7 Å². The third-order valence-electron chi connectivity index (χ3n) is 2.16. The summed E-state index contributed by atoms with van der Waals surface area (Å²) in [5, 5.41) is 0. The van der Waals surface area contributed by atoms with Crippen LogP contribution < -0.4 is 4.74 Å². The molecule has 0 unspecified atom stereocenters. The molecule has 0 aliphatic carbocycles. The molecule has 0 radical (unpaired) electrons. The molecule has 0 fully saturated rings. The lowest BCUT2D eigenvalue weighted by Gasteiger charge is -2.15. The lowest BCUT2D eigenvalue weighted by molar-refractivity contribution is -0.276. The van der Waals surface area contributed by atoms with Crippen LogP contribution in [-0.4, -0.2) is 23.9 Å². The fraction of sp³-hybridized carbons (Fsp3) is 0.455. The summed E-state index contributed by atoms with van der Waals surface area (Å²) in [5.74, 6) is -2.84. The molecular formula is C11H9ClF5NO3. The summed E-state index contributed by atoms with van der Waals surface area (Å²) in [5.41, 5.74) is -1.96. The largest absolute Gasteiger partial charge is 0.574 e. The van der Waals surface area contributed by atoms with Crippen molar-refractivity contribution in [1.29, 1.82) is 0 Å². The first-order valence-corrected chi connectivity index (χ1v) is 6.03. The summed E-state index contributed by atoms with van der Waals surface area (Å²) >= 11 is 5.46. The molecule has 1 rings (SSSR count). The van der Waals surface area contributed by atoms with Gasteiger partial charge < -0.3 is 9.47 Å². The Kier molecular flexibility index (Phi) is 5.70. The Labute approximate surface area is 120 Å². The smallest absolute Gasteiger partial charge is 0.462 e. The van der Waals surface area contributed by atoms with Crippen molar-refractivity contribution in [2.24, 2.45) is 0 Å². The molecule has 21 heavy (non-hydrogen) atoms. The maximum absolute atomic E-state index is 12.8. The van der Waals surface area contributed by atoms with Crippen LogP contribution in [0, 0.1) is 0 Å². The van der Waals surface area contributed by atoms with Crippen molar-refractivity contribution in [1.82, 2.24) is 4.98 Å². The number of halogens is 6. The molecule has 10 heteroatoms. The molecule has 0 aliphatic heterocycles. The lowest BCUT2D eigenvalue weighted by Crippen LogP contribution is -2.20. The van der Waals surface area contributed by atoms with Crippen LogP contribution in [0.15, 0.2) is 6.07 Å². The number of ether oxygens (including phenoxy) is 2. The first-order chi connectivity index (χ1) is 9.69. The normalized spacial score (nSPS) is 11.6. The Hall–Kier alpha value is -1.64. The second kappa shape index (κ2) is 6.88. The minimum Gasteiger partial charge on any atom is -0.462 e. The summed E-state index contributed by atoms with van der Waals surface area (Å²) in [4.78, 5) is 14.8. The van der Waals surface area contributed by atoms with Crippen LogP contribution in [0.4, 0.5) is 22.0 Å². The van der Waals surface area contributed by atoms with E-state index >= 15 is 0 Å². The van der Waals surface area contributed by atoms with Gasteiger partial charge in [0, 0.05) is 0 Å². The highest BCUT2D eigenvalue weighted by atomic mass is 35.5. The van der Waals surface area contributed by atoms with Crippen LogP contribution in [-0.2, 0) is 10.6 Å². The van der Waals surface area contributed by atoms with Gasteiger partial charge in [-0.25, -0.2) is 18.6 Å². The van der Waals surface area contributed by atoms with Crippen molar-refractivity contribution >= 4 is 17.6 Å². The minimum atomic E-state index is -5.20. The highest BCUT2D eigenvalue weighted by Crippen LogP contribution is 2.33. The second-order valence-electron chi connectivity index (χ2n) is 3.58. The molecular weight excluding hydrogens is 325 g/mol. The molecule has 118 valence electrons. The van der Waals surface area contributed by atoms with Gasteiger partial charge in [-0.15, -0.1) is 24.8 Å². The quantitative estimate of drug-likeness (QED) is 0.467. The van der Waals surface area contributed by atoms with E-state index in [2.05, 4.69) is 14.5 Å². The van der Waals surface area contributed by atoms with E-state index in [1.807, 2.05) is 0 Å². The highest BCUT2D eigenvalue weighted by molar-refractivity contribution is 6.17. The maximum atomic E-state index is 12.8. The van der Waals surface area contributed by atoms with Crippen molar-refractivity contribution in [3.8, 4) is 5.88 Å². The van der Waals surface area contributed by atoms with E-state index < -0.39 is 41.6 Å². The molecule has 0 aliphatic rings. The molecule has 0 amide bonds. The Balaban J connectivity index is 3.37. The number of aromatic nitrogens is 1. The Morgan fingerprint density at radius 3 is 2.48 bits per heavy atom. The first-order valence-electron chi connectivity index (χ1n) is 5.50. The second-order valence-corrected chi connectivity index (χ2v) is 3.85. The van der Waals surface area contributed by atoms with Crippen LogP contribution in [0.5, 0.6) is 5.88 Å². The standard InChI is InChI=1S/C11H9ClF5NO3/c1-2-20-10(19)5-3-6(8(13)14)9(18-7(5)4-12)21-11(15,16)17/h3,8H,2,4H2,1H3. The van der Waals surface area contributed by atoms with E-state index in [0.717, 1.165) is 0 Å². The van der Waals surface area contributed by atoms with Crippen molar-refractivity contribution in [3.05, 3.63) is 22.9 Å². The van der Waals surface area contributed by atoms with Gasteiger partial charge >= 0.3 is 12.3 Å². The summed E-state index contributed by atoms with van der Waals surface area (Å²) < 4.78 is 70.1. The average molecular weight is 334 g/mol. The van der Waals surface area contributed by atoms with Crippen LogP contribution in [0.3, 0.4) is 0 Å². The van der Waals surface area contributed by atoms with Gasteiger partial charge in [-0.3, -0.25) is 0 Å². The van der Waals surface area contributed by atoms with Gasteiger partial charge in [-0.2, -0.15) is 0 Å². The number of alkyl halides is 6. The first kappa shape index (κ1) is 17.4. The number of hydrogen-bond acceptors (Lipinski definition) is 4. The van der Waals surface area contributed by atoms with Gasteiger partial charge in [0.15, 0.2) is 0 Å². The molecule has 0 bridgehead atoms. The third kappa shape index (κ3) is 4.69. The fourth-order valence-corrected chi connectivity index (χ4v) is 1.59. The molecule has 0 atom stereocenters. The zero-order valence-corrected chi connectivity index (χ0v) is 11.3. The molecule has 0 N–H and O–H groups in total. The summed E-state index contributed by atoms with van der Waals surface area (Å²) in [6.45, 7) is 1.42. The Morgan fingerprint density at radius 1 is 1.43 bits per heavy atom. The van der Waals surface area contributed by atoms with Gasteiger partial charge in [0.05, 0.1) is 29.3 Å². The van der Waals surface area contributed by atoms with E-state index in [1.54, 1.807) is 0 Å². The van der Waals surface area contributed by atoms with E-state index in [0.29, 0.717) is 6.07 Å². The van der Waals surface area contributed by atoms with Gasteiger partial charge in [0.2, 0.25) is 5.88 Å². The molecule has 4 nitrogen and oxygen atoms in total. The molecule has 1 aromatic rings. The molecule has 0 saturated carbocycles. The predicted molar refractivity (Wildman–Crippen MR) is 61.4 cm³/mol. The minimum absolute atomic E-state index is 0.0502. The van der Waals surface area contributed by atoms with Gasteiger partial charge in [-0.05, 0) is 13.0 Å². The van der Waals surface area contributed by atoms with Gasteiger partial charge in [-0.1, -0.05) is 0 Å². The van der Waals surface area contributed by atoms with Crippen molar-refractivity contribution < 1.29 is 36.2 Å². The SMILES string of the molecule is CCOC(=O)c1cc(C(F)F)c(OC(F)(F)F)nc1CCl. The Bertz CT molecular complexity index is 521. The monoisotopic (exact) mass is 333 g/mol. The molecule has 1 heterocycles. The van der Waals surface area contributed by atoms with E-state index in [1.165, 1.54) is 6.92 Å². The van der Waals surface area contributed by atoms with Crippen LogP contribution in [0.1, 0.15) is 35.0 Å². The predicted octanol–water partition coefficient (Wildman–Crippen LogP) is 3.83. The summed E-state index contributed by atoms with van der Waals surface area (Å²) in [6, 6.07) is 0.536. The summed E-state index contributed by atoms with van der Waals surface area (Å²) in [7, 11) is 0. The number of esters is 1. The fourth-order valence-electron chi connectivity index (χ4n) is 1.38. The van der Waals surface area contributed by atoms with Crippen molar-refractivity contribution in [2.45, 2.75) is 25.6 Å². The van der Waals surface area contributed by atoms with Gasteiger partial charge in [0.1, 0.15) is 0 Å². The van der Waals surface area contributed by atoms with Crippen LogP contribution >= 0.6 is 11.6 Å². The van der Waals surface area contributed by atoms with Crippen molar-refractivity contribution in [3.63, 3.8) is 0 Å². The van der Waals surface area contributed by atoms with E-state index in [-0.39, 0.29) is 12.3 Å². The number of carbonyl (C=O) groups excluding carboxylic acids is 1. The number of carbonyl (C=O) groups is 1. The zero-order valence-electron chi connectivity index (χ0n) is 10.5. The molecule has 0 saturated heterocycles. The number of hydrogen-bond donors (Lipinski definition) is 0. The maximum Gasteiger partial charge on any atom is 0.574 e. The molecule has 0 aromatic carbocycles. The number of nitrogens with zero attached hydrogens (tertiary/aromatic N) is 1.